The number of esters is 1. The molecule has 1 atom stereocenters. The molecule has 0 saturated heterocycles. The topological polar surface area (TPSA) is 38.3 Å². The van der Waals surface area contributed by atoms with Gasteiger partial charge in [-0.15, -0.1) is 0 Å². The average molecular weight is 225 g/mol. The maximum atomic E-state index is 13.2. The molecule has 1 rings (SSSR count). The van der Waals surface area contributed by atoms with Gasteiger partial charge in [0.15, 0.2) is 0 Å². The van der Waals surface area contributed by atoms with Gasteiger partial charge >= 0.3 is 5.97 Å². The van der Waals surface area contributed by atoms with Crippen molar-refractivity contribution in [2.24, 2.45) is 0 Å². The zero-order valence-electron chi connectivity index (χ0n) is 9.50. The summed E-state index contributed by atoms with van der Waals surface area (Å²) in [6.45, 7) is 2.27. The first-order valence-corrected chi connectivity index (χ1v) is 5.17. The number of rotatable bonds is 5. The van der Waals surface area contributed by atoms with Crippen LogP contribution in [0.25, 0.3) is 0 Å². The van der Waals surface area contributed by atoms with E-state index in [4.69, 9.17) is 0 Å². The van der Waals surface area contributed by atoms with E-state index in [1.807, 2.05) is 6.92 Å². The quantitative estimate of drug-likeness (QED) is 0.777. The number of hydrogen-bond donors (Lipinski definition) is 1. The molecule has 0 amide bonds. The SMILES string of the molecule is COC(=O)CC(C)NCc1ccccc1F. The molecule has 0 aliphatic rings. The second kappa shape index (κ2) is 6.23. The third-order valence-electron chi connectivity index (χ3n) is 2.30. The van der Waals surface area contributed by atoms with Crippen LogP contribution in [0.2, 0.25) is 0 Å². The van der Waals surface area contributed by atoms with Gasteiger partial charge in [-0.1, -0.05) is 18.2 Å². The molecule has 0 aromatic heterocycles. The van der Waals surface area contributed by atoms with Crippen molar-refractivity contribution >= 4 is 5.97 Å². The molecular weight excluding hydrogens is 209 g/mol. The van der Waals surface area contributed by atoms with Gasteiger partial charge < -0.3 is 10.1 Å². The van der Waals surface area contributed by atoms with Crippen molar-refractivity contribution in [1.29, 1.82) is 0 Å². The summed E-state index contributed by atoms with van der Waals surface area (Å²) >= 11 is 0. The summed E-state index contributed by atoms with van der Waals surface area (Å²) in [7, 11) is 1.35. The van der Waals surface area contributed by atoms with Gasteiger partial charge in [-0.3, -0.25) is 4.79 Å². The molecule has 1 N–H and O–H groups in total. The van der Waals surface area contributed by atoms with E-state index in [9.17, 15) is 9.18 Å². The van der Waals surface area contributed by atoms with Gasteiger partial charge in [-0.2, -0.15) is 0 Å². The normalized spacial score (nSPS) is 12.2. The largest absolute Gasteiger partial charge is 0.469 e. The number of halogens is 1. The minimum atomic E-state index is -0.270. The van der Waals surface area contributed by atoms with Crippen LogP contribution in [0.5, 0.6) is 0 Å². The molecule has 4 heteroatoms. The summed E-state index contributed by atoms with van der Waals surface area (Å²) in [5.74, 6) is -0.506. The van der Waals surface area contributed by atoms with E-state index in [1.165, 1.54) is 13.2 Å². The van der Waals surface area contributed by atoms with E-state index in [0.29, 0.717) is 12.1 Å². The second-order valence-corrected chi connectivity index (χ2v) is 3.65. The lowest BCUT2D eigenvalue weighted by atomic mass is 10.2. The monoisotopic (exact) mass is 225 g/mol. The lowest BCUT2D eigenvalue weighted by molar-refractivity contribution is -0.141. The second-order valence-electron chi connectivity index (χ2n) is 3.65. The molecule has 16 heavy (non-hydrogen) atoms. The van der Waals surface area contributed by atoms with Crippen LogP contribution >= 0.6 is 0 Å². The van der Waals surface area contributed by atoms with Gasteiger partial charge in [-0.05, 0) is 13.0 Å². The number of hydrogen-bond acceptors (Lipinski definition) is 3. The predicted octanol–water partition coefficient (Wildman–Crippen LogP) is 1.87. The summed E-state index contributed by atoms with van der Waals surface area (Å²) in [5, 5.41) is 3.06. The smallest absolute Gasteiger partial charge is 0.307 e. The van der Waals surface area contributed by atoms with Crippen molar-refractivity contribution in [3.05, 3.63) is 35.6 Å². The molecule has 1 aromatic carbocycles. The minimum Gasteiger partial charge on any atom is -0.469 e. The standard InChI is InChI=1S/C12H16FNO2/c1-9(7-12(15)16-2)14-8-10-5-3-4-6-11(10)13/h3-6,9,14H,7-8H2,1-2H3. The van der Waals surface area contributed by atoms with Crippen molar-refractivity contribution in [2.75, 3.05) is 7.11 Å². The number of ether oxygens (including phenoxy) is 1. The first kappa shape index (κ1) is 12.6. The third kappa shape index (κ3) is 3.98. The highest BCUT2D eigenvalue weighted by atomic mass is 19.1. The van der Waals surface area contributed by atoms with Crippen molar-refractivity contribution in [1.82, 2.24) is 5.32 Å². The fourth-order valence-electron chi connectivity index (χ4n) is 1.33. The Morgan fingerprint density at radius 2 is 2.19 bits per heavy atom. The van der Waals surface area contributed by atoms with Crippen LogP contribution in [0.4, 0.5) is 4.39 Å². The molecule has 0 aliphatic heterocycles. The highest BCUT2D eigenvalue weighted by molar-refractivity contribution is 5.69. The van der Waals surface area contributed by atoms with Gasteiger partial charge in [0.2, 0.25) is 0 Å². The fourth-order valence-corrected chi connectivity index (χ4v) is 1.33. The van der Waals surface area contributed by atoms with Crippen molar-refractivity contribution in [2.45, 2.75) is 25.9 Å². The Morgan fingerprint density at radius 1 is 1.50 bits per heavy atom. The van der Waals surface area contributed by atoms with E-state index in [1.54, 1.807) is 18.2 Å². The van der Waals surface area contributed by atoms with Crippen LogP contribution < -0.4 is 5.32 Å². The van der Waals surface area contributed by atoms with Gasteiger partial charge in [-0.25, -0.2) is 4.39 Å². The fraction of sp³-hybridized carbons (Fsp3) is 0.417. The van der Waals surface area contributed by atoms with E-state index in [2.05, 4.69) is 10.1 Å². The number of methoxy groups -OCH3 is 1. The maximum absolute atomic E-state index is 13.2. The summed E-state index contributed by atoms with van der Waals surface area (Å²) in [6.07, 6.45) is 0.283. The summed E-state index contributed by atoms with van der Waals surface area (Å²) in [6, 6.07) is 6.53. The van der Waals surface area contributed by atoms with E-state index < -0.39 is 0 Å². The van der Waals surface area contributed by atoms with Crippen LogP contribution in [0, 0.1) is 5.82 Å². The van der Waals surface area contributed by atoms with Crippen LogP contribution in [0.1, 0.15) is 18.9 Å². The number of carbonyl (C=O) groups is 1. The van der Waals surface area contributed by atoms with E-state index in [0.717, 1.165) is 0 Å². The Labute approximate surface area is 94.6 Å². The van der Waals surface area contributed by atoms with Gasteiger partial charge in [0.1, 0.15) is 5.82 Å². The molecule has 3 nitrogen and oxygen atoms in total. The van der Waals surface area contributed by atoms with Crippen LogP contribution in [-0.2, 0) is 16.1 Å². The maximum Gasteiger partial charge on any atom is 0.307 e. The molecule has 0 fully saturated rings. The van der Waals surface area contributed by atoms with Gasteiger partial charge in [0.05, 0.1) is 13.5 Å². The Kier molecular flexibility index (Phi) is 4.92. The summed E-state index contributed by atoms with van der Waals surface area (Å²) in [5.41, 5.74) is 0.596. The van der Waals surface area contributed by atoms with Crippen molar-refractivity contribution in [3.8, 4) is 0 Å². The molecule has 0 spiro atoms. The first-order valence-electron chi connectivity index (χ1n) is 5.17. The average Bonchev–Trinajstić information content (AvgIpc) is 2.28. The summed E-state index contributed by atoms with van der Waals surface area (Å²) < 4.78 is 17.8. The van der Waals surface area contributed by atoms with E-state index in [-0.39, 0.29) is 24.2 Å². The van der Waals surface area contributed by atoms with Crippen LogP contribution in [-0.4, -0.2) is 19.1 Å². The minimum absolute atomic E-state index is 0.0351. The number of benzene rings is 1. The molecule has 0 aliphatic carbocycles. The molecule has 88 valence electrons. The molecular formula is C12H16FNO2. The van der Waals surface area contributed by atoms with Crippen LogP contribution in [0.3, 0.4) is 0 Å². The Bertz CT molecular complexity index is 355. The number of carbonyl (C=O) groups excluding carboxylic acids is 1. The third-order valence-corrected chi connectivity index (χ3v) is 2.30. The van der Waals surface area contributed by atoms with Crippen molar-refractivity contribution in [3.63, 3.8) is 0 Å². The van der Waals surface area contributed by atoms with E-state index >= 15 is 0 Å². The molecule has 0 bridgehead atoms. The molecule has 0 radical (unpaired) electrons. The highest BCUT2D eigenvalue weighted by Crippen LogP contribution is 2.06. The van der Waals surface area contributed by atoms with Gasteiger partial charge in [0, 0.05) is 18.2 Å². The zero-order valence-corrected chi connectivity index (χ0v) is 9.50. The molecule has 1 unspecified atom stereocenters. The summed E-state index contributed by atoms with van der Waals surface area (Å²) in [4.78, 5) is 11.0. The Hall–Kier alpha value is -1.42. The highest BCUT2D eigenvalue weighted by Gasteiger charge is 2.09. The molecule has 0 saturated carbocycles. The lowest BCUT2D eigenvalue weighted by Gasteiger charge is -2.12. The molecule has 1 aromatic rings. The Balaban J connectivity index is 2.40. The Morgan fingerprint density at radius 3 is 2.81 bits per heavy atom. The van der Waals surface area contributed by atoms with Gasteiger partial charge in [0.25, 0.3) is 0 Å². The lowest BCUT2D eigenvalue weighted by Crippen LogP contribution is -2.28. The predicted molar refractivity (Wildman–Crippen MR) is 59.3 cm³/mol. The molecule has 0 heterocycles. The first-order chi connectivity index (χ1) is 7.63. The zero-order chi connectivity index (χ0) is 12.0. The van der Waals surface area contributed by atoms with Crippen LogP contribution in [0.15, 0.2) is 24.3 Å². The number of nitrogens with one attached hydrogen (secondary N) is 1. The van der Waals surface area contributed by atoms with Crippen molar-refractivity contribution < 1.29 is 13.9 Å².